The molecule has 0 amide bonds. The molecule has 0 saturated heterocycles. The van der Waals surface area contributed by atoms with Crippen LogP contribution in [0.1, 0.15) is 23.6 Å². The molecular formula is C13H18N4O2. The van der Waals surface area contributed by atoms with E-state index < -0.39 is 0 Å². The monoisotopic (exact) mass is 262 g/mol. The summed E-state index contributed by atoms with van der Waals surface area (Å²) in [6.07, 6.45) is 2.72. The summed E-state index contributed by atoms with van der Waals surface area (Å²) in [4.78, 5) is 2.23. The van der Waals surface area contributed by atoms with Gasteiger partial charge in [0.15, 0.2) is 0 Å². The van der Waals surface area contributed by atoms with E-state index in [1.807, 2.05) is 29.9 Å². The van der Waals surface area contributed by atoms with Gasteiger partial charge in [-0.2, -0.15) is 5.10 Å². The summed E-state index contributed by atoms with van der Waals surface area (Å²) in [5, 5.41) is 17.9. The third-order valence-corrected chi connectivity index (χ3v) is 3.61. The molecule has 0 aromatic carbocycles. The van der Waals surface area contributed by atoms with Crippen LogP contribution >= 0.6 is 0 Å². The Balaban J connectivity index is 1.80. The maximum Gasteiger partial charge on any atom is 0.133 e. The predicted molar refractivity (Wildman–Crippen MR) is 68.2 cm³/mol. The van der Waals surface area contributed by atoms with E-state index in [-0.39, 0.29) is 12.6 Å². The smallest absolute Gasteiger partial charge is 0.133 e. The van der Waals surface area contributed by atoms with Crippen molar-refractivity contribution >= 4 is 0 Å². The summed E-state index contributed by atoms with van der Waals surface area (Å²) in [5.74, 6) is 0.815. The van der Waals surface area contributed by atoms with Crippen molar-refractivity contribution in [3.63, 3.8) is 0 Å². The number of aliphatic hydroxyl groups is 1. The highest BCUT2D eigenvalue weighted by Gasteiger charge is 2.24. The first-order valence-electron chi connectivity index (χ1n) is 6.54. The molecule has 1 N–H and O–H groups in total. The summed E-state index contributed by atoms with van der Waals surface area (Å²) in [6, 6.07) is 4.11. The largest absolute Gasteiger partial charge is 0.395 e. The highest BCUT2D eigenvalue weighted by Crippen LogP contribution is 2.19. The maximum absolute atomic E-state index is 9.57. The van der Waals surface area contributed by atoms with Gasteiger partial charge in [0.05, 0.1) is 18.0 Å². The first kappa shape index (κ1) is 12.4. The van der Waals surface area contributed by atoms with Crippen molar-refractivity contribution in [1.82, 2.24) is 19.8 Å². The second kappa shape index (κ2) is 5.14. The van der Waals surface area contributed by atoms with Gasteiger partial charge >= 0.3 is 0 Å². The average Bonchev–Trinajstić information content (AvgIpc) is 2.96. The molecular weight excluding hydrogens is 244 g/mol. The number of rotatable bonds is 3. The fourth-order valence-corrected chi connectivity index (χ4v) is 2.58. The van der Waals surface area contributed by atoms with Crippen LogP contribution in [0, 0.1) is 6.92 Å². The Labute approximate surface area is 111 Å². The van der Waals surface area contributed by atoms with Crippen LogP contribution in [0.3, 0.4) is 0 Å². The fraction of sp³-hybridized carbons (Fsp3) is 0.538. The molecule has 1 aliphatic heterocycles. The standard InChI is InChI=1S/C13H18N4O2/c1-10-6-11(15-19-10)7-16-8-12-2-4-14-17(12)5-3-13(16)9-18/h2,4,6,13,18H,3,5,7-9H2,1H3/t13-/m1/s1. The quantitative estimate of drug-likeness (QED) is 0.892. The van der Waals surface area contributed by atoms with Gasteiger partial charge in [-0.25, -0.2) is 0 Å². The summed E-state index contributed by atoms with van der Waals surface area (Å²) in [6.45, 7) is 4.35. The Kier molecular flexibility index (Phi) is 3.35. The summed E-state index contributed by atoms with van der Waals surface area (Å²) < 4.78 is 7.11. The molecule has 0 aliphatic carbocycles. The van der Waals surface area contributed by atoms with E-state index in [1.165, 1.54) is 5.69 Å². The van der Waals surface area contributed by atoms with E-state index in [4.69, 9.17) is 4.52 Å². The number of aryl methyl sites for hydroxylation is 2. The maximum atomic E-state index is 9.57. The number of aromatic nitrogens is 3. The van der Waals surface area contributed by atoms with E-state index in [2.05, 4.69) is 15.2 Å². The van der Waals surface area contributed by atoms with Gasteiger partial charge in [0.2, 0.25) is 0 Å². The number of aliphatic hydroxyl groups excluding tert-OH is 1. The Morgan fingerprint density at radius 1 is 1.53 bits per heavy atom. The van der Waals surface area contributed by atoms with Gasteiger partial charge < -0.3 is 9.63 Å². The second-order valence-corrected chi connectivity index (χ2v) is 5.00. The summed E-state index contributed by atoms with van der Waals surface area (Å²) in [5.41, 5.74) is 2.08. The molecule has 6 nitrogen and oxygen atoms in total. The lowest BCUT2D eigenvalue weighted by molar-refractivity contribution is 0.105. The van der Waals surface area contributed by atoms with Crippen LogP contribution in [-0.2, 0) is 19.6 Å². The van der Waals surface area contributed by atoms with Crippen molar-refractivity contribution in [1.29, 1.82) is 0 Å². The Morgan fingerprint density at radius 2 is 2.42 bits per heavy atom. The highest BCUT2D eigenvalue weighted by molar-refractivity contribution is 5.06. The van der Waals surface area contributed by atoms with Crippen LogP contribution in [0.2, 0.25) is 0 Å². The Bertz CT molecular complexity index is 548. The zero-order chi connectivity index (χ0) is 13.2. The molecule has 3 heterocycles. The van der Waals surface area contributed by atoms with Gasteiger partial charge in [0, 0.05) is 37.9 Å². The van der Waals surface area contributed by atoms with Crippen LogP contribution in [0.25, 0.3) is 0 Å². The SMILES string of the molecule is Cc1cc(CN2Cc3ccnn3CC[C@@H]2CO)no1. The first-order chi connectivity index (χ1) is 9.26. The van der Waals surface area contributed by atoms with Crippen LogP contribution in [0.5, 0.6) is 0 Å². The topological polar surface area (TPSA) is 67.3 Å². The van der Waals surface area contributed by atoms with E-state index >= 15 is 0 Å². The van der Waals surface area contributed by atoms with Gasteiger partial charge in [0.1, 0.15) is 5.76 Å². The molecule has 3 rings (SSSR count). The number of fused-ring (bicyclic) bond motifs is 1. The molecule has 2 aromatic heterocycles. The third kappa shape index (κ3) is 2.54. The van der Waals surface area contributed by atoms with Crippen LogP contribution in [0.4, 0.5) is 0 Å². The Hall–Kier alpha value is -1.66. The minimum atomic E-state index is 0.138. The first-order valence-corrected chi connectivity index (χ1v) is 6.54. The molecule has 0 bridgehead atoms. The molecule has 0 radical (unpaired) electrons. The van der Waals surface area contributed by atoms with Gasteiger partial charge in [0.25, 0.3) is 0 Å². The minimum absolute atomic E-state index is 0.138. The molecule has 2 aromatic rings. The zero-order valence-corrected chi connectivity index (χ0v) is 11.0. The molecule has 1 aliphatic rings. The predicted octanol–water partition coefficient (Wildman–Crippen LogP) is 0.946. The lowest BCUT2D eigenvalue weighted by atomic mass is 10.2. The molecule has 102 valence electrons. The lowest BCUT2D eigenvalue weighted by Crippen LogP contribution is -2.36. The van der Waals surface area contributed by atoms with Crippen LogP contribution in [-0.4, -0.2) is 37.6 Å². The van der Waals surface area contributed by atoms with Crippen molar-refractivity contribution in [2.75, 3.05) is 6.61 Å². The number of nitrogens with zero attached hydrogens (tertiary/aromatic N) is 4. The van der Waals surface area contributed by atoms with Gasteiger partial charge in [-0.05, 0) is 19.4 Å². The van der Waals surface area contributed by atoms with Crippen LogP contribution in [0.15, 0.2) is 22.9 Å². The summed E-state index contributed by atoms with van der Waals surface area (Å²) in [7, 11) is 0. The number of hydrogen-bond acceptors (Lipinski definition) is 5. The molecule has 1 atom stereocenters. The highest BCUT2D eigenvalue weighted by atomic mass is 16.5. The zero-order valence-electron chi connectivity index (χ0n) is 11.0. The fourth-order valence-electron chi connectivity index (χ4n) is 2.58. The molecule has 19 heavy (non-hydrogen) atoms. The molecule has 0 saturated carbocycles. The van der Waals surface area contributed by atoms with Crippen molar-refractivity contribution in [3.05, 3.63) is 35.5 Å². The third-order valence-electron chi connectivity index (χ3n) is 3.61. The van der Waals surface area contributed by atoms with Crippen molar-refractivity contribution in [2.45, 2.75) is 39.0 Å². The van der Waals surface area contributed by atoms with Gasteiger partial charge in [-0.1, -0.05) is 5.16 Å². The molecule has 0 fully saturated rings. The minimum Gasteiger partial charge on any atom is -0.395 e. The molecule has 0 unspecified atom stereocenters. The van der Waals surface area contributed by atoms with Crippen molar-refractivity contribution < 1.29 is 9.63 Å². The average molecular weight is 262 g/mol. The normalized spacial score (nSPS) is 20.2. The molecule has 6 heteroatoms. The van der Waals surface area contributed by atoms with E-state index in [0.29, 0.717) is 6.54 Å². The van der Waals surface area contributed by atoms with Crippen LogP contribution < -0.4 is 0 Å². The van der Waals surface area contributed by atoms with E-state index in [0.717, 1.165) is 31.0 Å². The Morgan fingerprint density at radius 3 is 3.16 bits per heavy atom. The van der Waals surface area contributed by atoms with Crippen molar-refractivity contribution in [3.8, 4) is 0 Å². The van der Waals surface area contributed by atoms with E-state index in [1.54, 1.807) is 0 Å². The van der Waals surface area contributed by atoms with E-state index in [9.17, 15) is 5.11 Å². The molecule has 0 spiro atoms. The lowest BCUT2D eigenvalue weighted by Gasteiger charge is -2.26. The second-order valence-electron chi connectivity index (χ2n) is 5.00. The van der Waals surface area contributed by atoms with Gasteiger partial charge in [-0.3, -0.25) is 9.58 Å². The summed E-state index contributed by atoms with van der Waals surface area (Å²) >= 11 is 0. The number of hydrogen-bond donors (Lipinski definition) is 1. The van der Waals surface area contributed by atoms with Crippen molar-refractivity contribution in [2.24, 2.45) is 0 Å². The van der Waals surface area contributed by atoms with Gasteiger partial charge in [-0.15, -0.1) is 0 Å².